The maximum atomic E-state index is 5.72. The Morgan fingerprint density at radius 3 is 2.72 bits per heavy atom. The maximum absolute atomic E-state index is 5.72. The van der Waals surface area contributed by atoms with Crippen molar-refractivity contribution in [3.05, 3.63) is 23.8 Å². The number of aromatic nitrogens is 2. The molecule has 2 rings (SSSR count). The van der Waals surface area contributed by atoms with E-state index in [9.17, 15) is 0 Å². The van der Waals surface area contributed by atoms with Crippen LogP contribution in [0.15, 0.2) is 18.2 Å². The molecule has 0 amide bonds. The first-order valence-corrected chi connectivity index (χ1v) is 6.44. The zero-order valence-electron chi connectivity index (χ0n) is 11.6. The van der Waals surface area contributed by atoms with Gasteiger partial charge in [-0.1, -0.05) is 6.07 Å². The van der Waals surface area contributed by atoms with E-state index < -0.39 is 0 Å². The lowest BCUT2D eigenvalue weighted by atomic mass is 10.2. The highest BCUT2D eigenvalue weighted by Gasteiger charge is 2.15. The van der Waals surface area contributed by atoms with Crippen molar-refractivity contribution in [3.8, 4) is 0 Å². The topological polar surface area (TPSA) is 47.1 Å². The number of nitrogens with two attached hydrogens (primary N) is 1. The van der Waals surface area contributed by atoms with Gasteiger partial charge in [0.1, 0.15) is 0 Å². The molecule has 1 aromatic heterocycles. The summed E-state index contributed by atoms with van der Waals surface area (Å²) >= 11 is 0. The van der Waals surface area contributed by atoms with E-state index >= 15 is 0 Å². The molecule has 1 aromatic carbocycles. The van der Waals surface area contributed by atoms with Crippen molar-refractivity contribution in [2.75, 3.05) is 18.5 Å². The van der Waals surface area contributed by atoms with Gasteiger partial charge in [-0.15, -0.1) is 0 Å². The molecule has 0 spiro atoms. The third kappa shape index (κ3) is 2.20. The minimum atomic E-state index is 0.416. The second kappa shape index (κ2) is 4.98. The summed E-state index contributed by atoms with van der Waals surface area (Å²) in [7, 11) is 2.08. The Morgan fingerprint density at radius 1 is 1.39 bits per heavy atom. The molecule has 0 aliphatic rings. The number of anilines is 1. The van der Waals surface area contributed by atoms with E-state index in [1.165, 1.54) is 5.56 Å². The first-order valence-electron chi connectivity index (χ1n) is 6.44. The van der Waals surface area contributed by atoms with Crippen molar-refractivity contribution in [1.82, 2.24) is 9.55 Å². The van der Waals surface area contributed by atoms with Crippen LogP contribution in [0.3, 0.4) is 0 Å². The van der Waals surface area contributed by atoms with E-state index in [1.54, 1.807) is 0 Å². The molecule has 0 aliphatic carbocycles. The van der Waals surface area contributed by atoms with Gasteiger partial charge < -0.3 is 15.2 Å². The van der Waals surface area contributed by atoms with Crippen LogP contribution in [0.2, 0.25) is 0 Å². The van der Waals surface area contributed by atoms with E-state index in [-0.39, 0.29) is 0 Å². The van der Waals surface area contributed by atoms with Crippen LogP contribution >= 0.6 is 0 Å². The third-order valence-corrected chi connectivity index (χ3v) is 3.33. The van der Waals surface area contributed by atoms with Crippen LogP contribution in [0.4, 0.5) is 5.95 Å². The van der Waals surface area contributed by atoms with Crippen molar-refractivity contribution in [3.63, 3.8) is 0 Å². The number of rotatable bonds is 4. The normalized spacial score (nSPS) is 11.4. The van der Waals surface area contributed by atoms with Crippen molar-refractivity contribution >= 4 is 17.0 Å². The third-order valence-electron chi connectivity index (χ3n) is 3.33. The fourth-order valence-electron chi connectivity index (χ4n) is 2.08. The predicted molar refractivity (Wildman–Crippen MR) is 77.1 cm³/mol. The van der Waals surface area contributed by atoms with Crippen LogP contribution in [0.5, 0.6) is 0 Å². The van der Waals surface area contributed by atoms with Crippen LogP contribution in [0.1, 0.15) is 19.4 Å². The van der Waals surface area contributed by atoms with Gasteiger partial charge in [0.15, 0.2) is 0 Å². The minimum Gasteiger partial charge on any atom is -0.343 e. The molecule has 1 heterocycles. The molecule has 0 atom stereocenters. The van der Waals surface area contributed by atoms with E-state index in [2.05, 4.69) is 55.5 Å². The van der Waals surface area contributed by atoms with Gasteiger partial charge >= 0.3 is 0 Å². The Morgan fingerprint density at radius 2 is 2.11 bits per heavy atom. The van der Waals surface area contributed by atoms with Crippen LogP contribution in [0.25, 0.3) is 11.0 Å². The quantitative estimate of drug-likeness (QED) is 0.899. The number of hydrogen-bond acceptors (Lipinski definition) is 3. The van der Waals surface area contributed by atoms with Gasteiger partial charge in [-0.2, -0.15) is 0 Å². The monoisotopic (exact) mass is 246 g/mol. The Hall–Kier alpha value is -1.55. The second-order valence-electron chi connectivity index (χ2n) is 5.05. The molecule has 0 unspecified atom stereocenters. The van der Waals surface area contributed by atoms with Gasteiger partial charge in [0.05, 0.1) is 11.0 Å². The molecular formula is C14H22N4. The molecule has 18 heavy (non-hydrogen) atoms. The van der Waals surface area contributed by atoms with E-state index in [0.29, 0.717) is 12.6 Å². The molecule has 0 bridgehead atoms. The largest absolute Gasteiger partial charge is 0.343 e. The van der Waals surface area contributed by atoms with Crippen LogP contribution in [-0.2, 0) is 6.54 Å². The van der Waals surface area contributed by atoms with E-state index in [4.69, 9.17) is 10.7 Å². The number of imidazole rings is 1. The summed E-state index contributed by atoms with van der Waals surface area (Å²) in [5, 5.41) is 0. The average molecular weight is 246 g/mol. The van der Waals surface area contributed by atoms with Gasteiger partial charge in [-0.3, -0.25) is 0 Å². The van der Waals surface area contributed by atoms with Gasteiger partial charge in [0.25, 0.3) is 0 Å². The highest BCUT2D eigenvalue weighted by molar-refractivity contribution is 5.79. The van der Waals surface area contributed by atoms with Crippen LogP contribution in [0, 0.1) is 6.92 Å². The lowest BCUT2D eigenvalue weighted by Gasteiger charge is -2.23. The SMILES string of the molecule is Cc1ccc2c(c1)nc(N(C)C(C)C)n2CCN. The summed E-state index contributed by atoms with van der Waals surface area (Å²) in [6, 6.07) is 6.79. The van der Waals surface area contributed by atoms with Crippen molar-refractivity contribution < 1.29 is 0 Å². The average Bonchev–Trinajstić information content (AvgIpc) is 2.66. The lowest BCUT2D eigenvalue weighted by Crippen LogP contribution is -2.29. The van der Waals surface area contributed by atoms with Gasteiger partial charge in [0, 0.05) is 26.2 Å². The van der Waals surface area contributed by atoms with Crippen LogP contribution in [-0.4, -0.2) is 29.2 Å². The molecule has 0 radical (unpaired) electrons. The zero-order valence-corrected chi connectivity index (χ0v) is 11.6. The maximum Gasteiger partial charge on any atom is 0.206 e. The summed E-state index contributed by atoms with van der Waals surface area (Å²) in [6.07, 6.45) is 0. The highest BCUT2D eigenvalue weighted by atomic mass is 15.3. The van der Waals surface area contributed by atoms with Gasteiger partial charge in [-0.25, -0.2) is 4.98 Å². The summed E-state index contributed by atoms with van der Waals surface area (Å²) in [4.78, 5) is 6.93. The molecule has 0 aliphatic heterocycles. The van der Waals surface area contributed by atoms with Crippen LogP contribution < -0.4 is 10.6 Å². The summed E-state index contributed by atoms with van der Waals surface area (Å²) in [5.74, 6) is 0.996. The lowest BCUT2D eigenvalue weighted by molar-refractivity contribution is 0.666. The number of nitrogens with zero attached hydrogens (tertiary/aromatic N) is 3. The van der Waals surface area contributed by atoms with E-state index in [1.807, 2.05) is 0 Å². The van der Waals surface area contributed by atoms with Crippen molar-refractivity contribution in [2.24, 2.45) is 5.73 Å². The molecule has 0 saturated heterocycles. The highest BCUT2D eigenvalue weighted by Crippen LogP contribution is 2.23. The fraction of sp³-hybridized carbons (Fsp3) is 0.500. The van der Waals surface area contributed by atoms with Gasteiger partial charge in [0.2, 0.25) is 5.95 Å². The molecule has 0 saturated carbocycles. The Bertz CT molecular complexity index is 542. The molecule has 2 N–H and O–H groups in total. The van der Waals surface area contributed by atoms with Gasteiger partial charge in [-0.05, 0) is 38.5 Å². The smallest absolute Gasteiger partial charge is 0.206 e. The second-order valence-corrected chi connectivity index (χ2v) is 5.05. The summed E-state index contributed by atoms with van der Waals surface area (Å²) < 4.78 is 2.20. The molecule has 4 nitrogen and oxygen atoms in total. The van der Waals surface area contributed by atoms with E-state index in [0.717, 1.165) is 23.5 Å². The van der Waals surface area contributed by atoms with Crippen molar-refractivity contribution in [1.29, 1.82) is 0 Å². The van der Waals surface area contributed by atoms with Crippen molar-refractivity contribution in [2.45, 2.75) is 33.4 Å². The Balaban J connectivity index is 2.60. The molecular weight excluding hydrogens is 224 g/mol. The number of benzene rings is 1. The summed E-state index contributed by atoms with van der Waals surface area (Å²) in [6.45, 7) is 7.84. The zero-order chi connectivity index (χ0) is 13.3. The Labute approximate surface area is 108 Å². The number of aryl methyl sites for hydroxylation is 1. The molecule has 4 heteroatoms. The standard InChI is InChI=1S/C14H22N4/c1-10(2)17(4)14-16-12-9-11(3)5-6-13(12)18(14)8-7-15/h5-6,9-10H,7-8,15H2,1-4H3. The first-order chi connectivity index (χ1) is 8.54. The predicted octanol–water partition coefficient (Wildman–Crippen LogP) is 2.15. The minimum absolute atomic E-state index is 0.416. The molecule has 2 aromatic rings. The Kier molecular flexibility index (Phi) is 3.57. The summed E-state index contributed by atoms with van der Waals surface area (Å²) in [5.41, 5.74) is 9.16. The molecule has 98 valence electrons. The number of fused-ring (bicyclic) bond motifs is 1. The molecule has 0 fully saturated rings. The first kappa shape index (κ1) is 12.9. The number of hydrogen-bond donors (Lipinski definition) is 1. The fourth-order valence-corrected chi connectivity index (χ4v) is 2.08.